The van der Waals surface area contributed by atoms with Crippen LogP contribution in [0.2, 0.25) is 0 Å². The lowest BCUT2D eigenvalue weighted by atomic mass is 10.0. The zero-order valence-electron chi connectivity index (χ0n) is 15.1. The van der Waals surface area contributed by atoms with Crippen molar-refractivity contribution in [2.24, 2.45) is 0 Å². The molecule has 148 valence electrons. The Morgan fingerprint density at radius 1 is 0.833 bits per heavy atom. The molecule has 4 nitrogen and oxygen atoms in total. The molecule has 0 N–H and O–H groups in total. The highest BCUT2D eigenvalue weighted by molar-refractivity contribution is 7.91. The van der Waals surface area contributed by atoms with Crippen LogP contribution >= 0.6 is 0 Å². The fourth-order valence-corrected chi connectivity index (χ4v) is 4.40. The molecule has 0 fully saturated rings. The fraction of sp³-hybridized carbons (Fsp3) is 0. The largest absolute Gasteiger partial charge is 0.236 e. The van der Waals surface area contributed by atoms with Crippen LogP contribution in [0, 0.1) is 28.8 Å². The maximum absolute atomic E-state index is 13.8. The van der Waals surface area contributed by atoms with Crippen molar-refractivity contribution in [2.45, 2.75) is 9.92 Å². The highest BCUT2D eigenvalue weighted by atomic mass is 32.2. The minimum absolute atomic E-state index is 0.0345. The first-order valence-electron chi connectivity index (χ1n) is 8.60. The summed E-state index contributed by atoms with van der Waals surface area (Å²) in [5, 5.41) is 8.95. The van der Waals surface area contributed by atoms with Crippen LogP contribution in [0.3, 0.4) is 0 Å². The van der Waals surface area contributed by atoms with Gasteiger partial charge in [-0.2, -0.15) is 5.26 Å². The number of rotatable bonds is 3. The van der Waals surface area contributed by atoms with Crippen molar-refractivity contribution in [3.63, 3.8) is 0 Å². The zero-order chi connectivity index (χ0) is 21.5. The van der Waals surface area contributed by atoms with E-state index >= 15 is 0 Å². The molecule has 0 atom stereocenters. The third-order valence-electron chi connectivity index (χ3n) is 4.47. The Kier molecular flexibility index (Phi) is 4.76. The maximum Gasteiger partial charge on any atom is 0.224 e. The molecule has 8 heteroatoms. The third-order valence-corrected chi connectivity index (χ3v) is 6.09. The standard InChI is InChI=1S/C22H11F3N2O2S/c23-15-3-1-2-14(8-15)20-11-22(27-21-10-16(24)4-5-19(20)21)30(28,29)18-7-13(12-26)6-17(25)9-18/h1-11H. The monoisotopic (exact) mass is 424 g/mol. The van der Waals surface area contributed by atoms with Gasteiger partial charge in [0.25, 0.3) is 0 Å². The van der Waals surface area contributed by atoms with E-state index in [1.54, 1.807) is 12.1 Å². The molecule has 0 aliphatic carbocycles. The molecule has 1 aromatic heterocycles. The van der Waals surface area contributed by atoms with Crippen LogP contribution in [0.5, 0.6) is 0 Å². The highest BCUT2D eigenvalue weighted by Crippen LogP contribution is 2.33. The number of aromatic nitrogens is 1. The average Bonchev–Trinajstić information content (AvgIpc) is 2.72. The van der Waals surface area contributed by atoms with Crippen LogP contribution in [0.4, 0.5) is 13.2 Å². The number of hydrogen-bond donors (Lipinski definition) is 0. The predicted molar refractivity (Wildman–Crippen MR) is 104 cm³/mol. The average molecular weight is 424 g/mol. The summed E-state index contributed by atoms with van der Waals surface area (Å²) in [4.78, 5) is 3.59. The van der Waals surface area contributed by atoms with E-state index in [1.807, 2.05) is 0 Å². The molecule has 0 aliphatic heterocycles. The topological polar surface area (TPSA) is 70.8 Å². The molecule has 0 radical (unpaired) electrons. The molecule has 0 saturated carbocycles. The lowest BCUT2D eigenvalue weighted by Gasteiger charge is -2.11. The van der Waals surface area contributed by atoms with Gasteiger partial charge in [0.1, 0.15) is 17.5 Å². The molecule has 0 saturated heterocycles. The van der Waals surface area contributed by atoms with Crippen LogP contribution in [0.15, 0.2) is 76.7 Å². The van der Waals surface area contributed by atoms with E-state index in [0.29, 0.717) is 16.5 Å². The van der Waals surface area contributed by atoms with Gasteiger partial charge >= 0.3 is 0 Å². The molecule has 0 amide bonds. The maximum atomic E-state index is 13.8. The van der Waals surface area contributed by atoms with Gasteiger partial charge in [-0.05, 0) is 59.7 Å². The van der Waals surface area contributed by atoms with Gasteiger partial charge in [-0.3, -0.25) is 0 Å². The molecule has 0 bridgehead atoms. The summed E-state index contributed by atoms with van der Waals surface area (Å²) >= 11 is 0. The number of sulfone groups is 1. The second kappa shape index (κ2) is 7.28. The first kappa shape index (κ1) is 19.6. The van der Waals surface area contributed by atoms with Gasteiger partial charge < -0.3 is 0 Å². The molecule has 0 spiro atoms. The smallest absolute Gasteiger partial charge is 0.224 e. The van der Waals surface area contributed by atoms with Gasteiger partial charge in [-0.15, -0.1) is 0 Å². The first-order chi connectivity index (χ1) is 14.3. The number of pyridine rings is 1. The number of benzene rings is 3. The Bertz CT molecular complexity index is 1460. The summed E-state index contributed by atoms with van der Waals surface area (Å²) in [6.07, 6.45) is 0. The highest BCUT2D eigenvalue weighted by Gasteiger charge is 2.23. The minimum atomic E-state index is -4.36. The number of nitrogens with zero attached hydrogens (tertiary/aromatic N) is 2. The van der Waals surface area contributed by atoms with Crippen molar-refractivity contribution in [1.29, 1.82) is 5.26 Å². The molecule has 0 unspecified atom stereocenters. The van der Waals surface area contributed by atoms with Crippen LogP contribution in [0.1, 0.15) is 5.56 Å². The van der Waals surface area contributed by atoms with Gasteiger partial charge in [-0.1, -0.05) is 12.1 Å². The Hall–Kier alpha value is -3.70. The minimum Gasteiger partial charge on any atom is -0.236 e. The SMILES string of the molecule is N#Cc1cc(F)cc(S(=O)(=O)c2cc(-c3cccc(F)c3)c3ccc(F)cc3n2)c1. The lowest BCUT2D eigenvalue weighted by Crippen LogP contribution is -2.06. The van der Waals surface area contributed by atoms with Crippen LogP contribution < -0.4 is 0 Å². The second-order valence-corrected chi connectivity index (χ2v) is 8.37. The summed E-state index contributed by atoms with van der Waals surface area (Å²) < 4.78 is 67.7. The number of halogens is 3. The van der Waals surface area contributed by atoms with Gasteiger partial charge in [-0.25, -0.2) is 26.6 Å². The van der Waals surface area contributed by atoms with Crippen LogP contribution in [-0.4, -0.2) is 13.4 Å². The summed E-state index contributed by atoms with van der Waals surface area (Å²) in [5.74, 6) is -2.06. The summed E-state index contributed by atoms with van der Waals surface area (Å²) in [5.41, 5.74) is 0.537. The van der Waals surface area contributed by atoms with Crippen LogP contribution in [0.25, 0.3) is 22.0 Å². The predicted octanol–water partition coefficient (Wildman–Crippen LogP) is 5.02. The first-order valence-corrected chi connectivity index (χ1v) is 10.1. The molecular formula is C22H11F3N2O2S. The van der Waals surface area contributed by atoms with Crippen molar-refractivity contribution < 1.29 is 21.6 Å². The molecule has 30 heavy (non-hydrogen) atoms. The Labute approximate surface area is 169 Å². The lowest BCUT2D eigenvalue weighted by molar-refractivity contribution is 0.587. The van der Waals surface area contributed by atoms with E-state index in [-0.39, 0.29) is 11.1 Å². The van der Waals surface area contributed by atoms with E-state index < -0.39 is 37.2 Å². The molecular weight excluding hydrogens is 413 g/mol. The van der Waals surface area contributed by atoms with Gasteiger partial charge in [0.15, 0.2) is 5.03 Å². The second-order valence-electron chi connectivity index (χ2n) is 6.47. The molecule has 0 aliphatic rings. The van der Waals surface area contributed by atoms with Gasteiger partial charge in [0.2, 0.25) is 9.84 Å². The van der Waals surface area contributed by atoms with Crippen molar-refractivity contribution in [3.05, 3.63) is 89.7 Å². The quantitative estimate of drug-likeness (QED) is 0.463. The van der Waals surface area contributed by atoms with E-state index in [9.17, 15) is 21.6 Å². The zero-order valence-corrected chi connectivity index (χ0v) is 15.9. The van der Waals surface area contributed by atoms with Gasteiger partial charge in [0.05, 0.1) is 22.0 Å². The van der Waals surface area contributed by atoms with E-state index in [2.05, 4.69) is 4.98 Å². The van der Waals surface area contributed by atoms with Crippen molar-refractivity contribution >= 4 is 20.7 Å². The third kappa shape index (κ3) is 3.51. The molecule has 4 rings (SSSR count). The number of fused-ring (bicyclic) bond motifs is 1. The van der Waals surface area contributed by atoms with Crippen LogP contribution in [-0.2, 0) is 9.84 Å². The number of hydrogen-bond acceptors (Lipinski definition) is 4. The van der Waals surface area contributed by atoms with E-state index in [4.69, 9.17) is 5.26 Å². The fourth-order valence-electron chi connectivity index (χ4n) is 3.11. The van der Waals surface area contributed by atoms with Crippen molar-refractivity contribution in [3.8, 4) is 17.2 Å². The van der Waals surface area contributed by atoms with Crippen molar-refractivity contribution in [1.82, 2.24) is 4.98 Å². The van der Waals surface area contributed by atoms with Crippen molar-refractivity contribution in [2.75, 3.05) is 0 Å². The normalized spacial score (nSPS) is 11.4. The molecule has 4 aromatic rings. The Balaban J connectivity index is 2.02. The van der Waals surface area contributed by atoms with E-state index in [1.165, 1.54) is 36.4 Å². The van der Waals surface area contributed by atoms with E-state index in [0.717, 1.165) is 24.3 Å². The van der Waals surface area contributed by atoms with Gasteiger partial charge in [0, 0.05) is 11.5 Å². The number of nitriles is 1. The molecule has 1 heterocycles. The summed E-state index contributed by atoms with van der Waals surface area (Å²) in [7, 11) is -4.36. The molecule has 3 aromatic carbocycles. The summed E-state index contributed by atoms with van der Waals surface area (Å²) in [6, 6.07) is 14.8. The summed E-state index contributed by atoms with van der Waals surface area (Å²) in [6.45, 7) is 0. The Morgan fingerprint density at radius 2 is 1.60 bits per heavy atom. The Morgan fingerprint density at radius 3 is 2.33 bits per heavy atom.